The Kier molecular flexibility index (Phi) is 4.76. The minimum Gasteiger partial charge on any atom is -0.368 e. The average molecular weight is 370 g/mol. The molecular formula is C20H26N4O3. The van der Waals surface area contributed by atoms with Crippen molar-refractivity contribution in [1.29, 1.82) is 0 Å². The number of hydrogen-bond acceptors (Lipinski definition) is 4. The standard InChI is InChI=1S/C20H26N4O3/c25-17(23-14-12-22(13-15-23)16-6-2-1-3-7-16)8-11-24-18(26)20(21-19(24)27)9-4-5-10-20/h1-3,6-7H,4-5,8-15H2,(H,21,27). The zero-order chi connectivity index (χ0) is 18.9. The van der Waals surface area contributed by atoms with Crippen molar-refractivity contribution in [2.75, 3.05) is 37.6 Å². The lowest BCUT2D eigenvalue weighted by atomic mass is 9.98. The van der Waals surface area contributed by atoms with E-state index >= 15 is 0 Å². The van der Waals surface area contributed by atoms with Crippen molar-refractivity contribution in [2.45, 2.75) is 37.6 Å². The average Bonchev–Trinajstić information content (AvgIpc) is 3.26. The second-order valence-electron chi connectivity index (χ2n) is 7.63. The molecule has 0 bridgehead atoms. The molecule has 2 aliphatic heterocycles. The van der Waals surface area contributed by atoms with Gasteiger partial charge in [-0.2, -0.15) is 0 Å². The summed E-state index contributed by atoms with van der Waals surface area (Å²) < 4.78 is 0. The van der Waals surface area contributed by atoms with Gasteiger partial charge in [-0.05, 0) is 25.0 Å². The number of rotatable bonds is 4. The van der Waals surface area contributed by atoms with Crippen LogP contribution in [0.4, 0.5) is 10.5 Å². The van der Waals surface area contributed by atoms with Crippen LogP contribution in [0.15, 0.2) is 30.3 Å². The number of nitrogens with zero attached hydrogens (tertiary/aromatic N) is 3. The highest BCUT2D eigenvalue weighted by Gasteiger charge is 2.52. The molecule has 0 unspecified atom stereocenters. The number of piperazine rings is 1. The first-order chi connectivity index (χ1) is 13.1. The van der Waals surface area contributed by atoms with Crippen LogP contribution in [0.25, 0.3) is 0 Å². The van der Waals surface area contributed by atoms with E-state index in [0.29, 0.717) is 25.9 Å². The van der Waals surface area contributed by atoms with Gasteiger partial charge >= 0.3 is 6.03 Å². The van der Waals surface area contributed by atoms with Gasteiger partial charge in [-0.3, -0.25) is 14.5 Å². The van der Waals surface area contributed by atoms with Gasteiger partial charge in [0.15, 0.2) is 0 Å². The van der Waals surface area contributed by atoms with Crippen LogP contribution < -0.4 is 10.2 Å². The van der Waals surface area contributed by atoms with Crippen molar-refractivity contribution in [1.82, 2.24) is 15.1 Å². The van der Waals surface area contributed by atoms with E-state index in [9.17, 15) is 14.4 Å². The normalized spacial score (nSPS) is 21.9. The number of anilines is 1. The largest absolute Gasteiger partial charge is 0.368 e. The molecule has 3 fully saturated rings. The van der Waals surface area contributed by atoms with Gasteiger partial charge in [0.2, 0.25) is 5.91 Å². The van der Waals surface area contributed by atoms with E-state index in [0.717, 1.165) is 25.9 Å². The fourth-order valence-corrected chi connectivity index (χ4v) is 4.42. The van der Waals surface area contributed by atoms with Crippen LogP contribution in [-0.2, 0) is 9.59 Å². The Morgan fingerprint density at radius 3 is 2.33 bits per heavy atom. The van der Waals surface area contributed by atoms with Crippen LogP contribution in [-0.4, -0.2) is 65.9 Å². The summed E-state index contributed by atoms with van der Waals surface area (Å²) in [7, 11) is 0. The zero-order valence-corrected chi connectivity index (χ0v) is 15.5. The number of amides is 4. The topological polar surface area (TPSA) is 73.0 Å². The molecule has 0 atom stereocenters. The lowest BCUT2D eigenvalue weighted by molar-refractivity contribution is -0.133. The van der Waals surface area contributed by atoms with Gasteiger partial charge < -0.3 is 15.1 Å². The highest BCUT2D eigenvalue weighted by Crippen LogP contribution is 2.35. The first-order valence-corrected chi connectivity index (χ1v) is 9.81. The lowest BCUT2D eigenvalue weighted by Crippen LogP contribution is -2.49. The molecular weight excluding hydrogens is 344 g/mol. The number of carbonyl (C=O) groups excluding carboxylic acids is 3. The SMILES string of the molecule is O=C(CCN1C(=O)NC2(CCCC2)C1=O)N1CCN(c2ccccc2)CC1. The van der Waals surface area contributed by atoms with Gasteiger partial charge in [-0.1, -0.05) is 31.0 Å². The van der Waals surface area contributed by atoms with E-state index in [-0.39, 0.29) is 30.8 Å². The third-order valence-electron chi connectivity index (χ3n) is 6.01. The molecule has 1 saturated carbocycles. The molecule has 144 valence electrons. The van der Waals surface area contributed by atoms with Gasteiger partial charge in [0.1, 0.15) is 5.54 Å². The van der Waals surface area contributed by atoms with Crippen LogP contribution in [0.3, 0.4) is 0 Å². The third kappa shape index (κ3) is 3.38. The minimum atomic E-state index is -0.693. The number of nitrogens with one attached hydrogen (secondary N) is 1. The van der Waals surface area contributed by atoms with Gasteiger partial charge in [0, 0.05) is 44.8 Å². The highest BCUT2D eigenvalue weighted by molar-refractivity contribution is 6.07. The smallest absolute Gasteiger partial charge is 0.325 e. The number of carbonyl (C=O) groups is 3. The van der Waals surface area contributed by atoms with Crippen LogP contribution in [0.1, 0.15) is 32.1 Å². The molecule has 1 spiro atoms. The predicted molar refractivity (Wildman–Crippen MR) is 101 cm³/mol. The lowest BCUT2D eigenvalue weighted by Gasteiger charge is -2.36. The van der Waals surface area contributed by atoms with Crippen LogP contribution >= 0.6 is 0 Å². The molecule has 27 heavy (non-hydrogen) atoms. The van der Waals surface area contributed by atoms with Gasteiger partial charge in [-0.25, -0.2) is 4.79 Å². The van der Waals surface area contributed by atoms with E-state index in [4.69, 9.17) is 0 Å². The monoisotopic (exact) mass is 370 g/mol. The molecule has 4 amide bonds. The van der Waals surface area contributed by atoms with Crippen LogP contribution in [0.2, 0.25) is 0 Å². The Morgan fingerprint density at radius 1 is 1.00 bits per heavy atom. The maximum atomic E-state index is 12.6. The van der Waals surface area contributed by atoms with E-state index in [1.54, 1.807) is 0 Å². The maximum Gasteiger partial charge on any atom is 0.325 e. The molecule has 1 aromatic rings. The van der Waals surface area contributed by atoms with Crippen molar-refractivity contribution in [3.63, 3.8) is 0 Å². The molecule has 1 N–H and O–H groups in total. The van der Waals surface area contributed by atoms with E-state index in [2.05, 4.69) is 22.3 Å². The Balaban J connectivity index is 1.28. The molecule has 2 saturated heterocycles. The number of hydrogen-bond donors (Lipinski definition) is 1. The summed E-state index contributed by atoms with van der Waals surface area (Å²) in [5.74, 6) is -0.137. The molecule has 3 aliphatic rings. The number of imide groups is 1. The van der Waals surface area contributed by atoms with Crippen molar-refractivity contribution in [3.05, 3.63) is 30.3 Å². The molecule has 7 heteroatoms. The van der Waals surface area contributed by atoms with Gasteiger partial charge in [0.05, 0.1) is 0 Å². The molecule has 0 aromatic heterocycles. The van der Waals surface area contributed by atoms with E-state index in [1.807, 2.05) is 23.1 Å². The fraction of sp³-hybridized carbons (Fsp3) is 0.550. The van der Waals surface area contributed by atoms with Gasteiger partial charge in [0.25, 0.3) is 5.91 Å². The Hall–Kier alpha value is -2.57. The molecule has 0 radical (unpaired) electrons. The third-order valence-corrected chi connectivity index (χ3v) is 6.01. The molecule has 4 rings (SSSR count). The summed E-state index contributed by atoms with van der Waals surface area (Å²) in [4.78, 5) is 42.7. The molecule has 2 heterocycles. The number of benzene rings is 1. The summed E-state index contributed by atoms with van der Waals surface area (Å²) in [5.41, 5.74) is 0.479. The Bertz CT molecular complexity index is 722. The Morgan fingerprint density at radius 2 is 1.67 bits per heavy atom. The second-order valence-corrected chi connectivity index (χ2v) is 7.63. The summed E-state index contributed by atoms with van der Waals surface area (Å²) >= 11 is 0. The van der Waals surface area contributed by atoms with E-state index < -0.39 is 5.54 Å². The summed E-state index contributed by atoms with van der Waals surface area (Å²) in [6.07, 6.45) is 3.54. The molecule has 7 nitrogen and oxygen atoms in total. The number of para-hydroxylation sites is 1. The Labute approximate surface area is 159 Å². The highest BCUT2D eigenvalue weighted by atomic mass is 16.2. The quantitative estimate of drug-likeness (QED) is 0.817. The predicted octanol–water partition coefficient (Wildman–Crippen LogP) is 1.59. The van der Waals surface area contributed by atoms with E-state index in [1.165, 1.54) is 10.6 Å². The fourth-order valence-electron chi connectivity index (χ4n) is 4.42. The van der Waals surface area contributed by atoms with Crippen LogP contribution in [0, 0.1) is 0 Å². The molecule has 1 aromatic carbocycles. The van der Waals surface area contributed by atoms with Crippen molar-refractivity contribution < 1.29 is 14.4 Å². The van der Waals surface area contributed by atoms with Crippen molar-refractivity contribution in [3.8, 4) is 0 Å². The van der Waals surface area contributed by atoms with Crippen molar-refractivity contribution >= 4 is 23.5 Å². The number of urea groups is 1. The maximum absolute atomic E-state index is 12.6. The second kappa shape index (κ2) is 7.21. The zero-order valence-electron chi connectivity index (χ0n) is 15.5. The minimum absolute atomic E-state index is 0.00989. The van der Waals surface area contributed by atoms with Crippen LogP contribution in [0.5, 0.6) is 0 Å². The molecule has 1 aliphatic carbocycles. The first kappa shape index (κ1) is 17.8. The first-order valence-electron chi connectivity index (χ1n) is 9.81. The summed E-state index contributed by atoms with van der Waals surface area (Å²) in [6, 6.07) is 9.84. The van der Waals surface area contributed by atoms with Crippen molar-refractivity contribution in [2.24, 2.45) is 0 Å². The summed E-state index contributed by atoms with van der Waals surface area (Å²) in [5, 5.41) is 2.86. The van der Waals surface area contributed by atoms with Gasteiger partial charge in [-0.15, -0.1) is 0 Å². The summed E-state index contributed by atoms with van der Waals surface area (Å²) in [6.45, 7) is 3.09.